The van der Waals surface area contributed by atoms with Gasteiger partial charge in [-0.2, -0.15) is 0 Å². The van der Waals surface area contributed by atoms with E-state index in [0.717, 1.165) is 0 Å². The summed E-state index contributed by atoms with van der Waals surface area (Å²) in [5.41, 5.74) is 0. The third-order valence-corrected chi connectivity index (χ3v) is 34.7. The third kappa shape index (κ3) is 5.32. The van der Waals surface area contributed by atoms with Gasteiger partial charge in [-0.15, -0.1) is 22.7 Å². The van der Waals surface area contributed by atoms with Crippen LogP contribution in [0, 0.1) is 0 Å². The molecule has 0 amide bonds. The van der Waals surface area contributed by atoms with Gasteiger partial charge in [-0.25, -0.2) is 0 Å². The summed E-state index contributed by atoms with van der Waals surface area (Å²) in [6.07, 6.45) is 11.2. The predicted molar refractivity (Wildman–Crippen MR) is 168 cm³/mol. The average Bonchev–Trinajstić information content (AvgIpc) is 3.39. The van der Waals surface area contributed by atoms with Crippen molar-refractivity contribution in [1.82, 2.24) is 0 Å². The van der Waals surface area contributed by atoms with Gasteiger partial charge in [-0.3, -0.25) is 0 Å². The standard InChI is InChI=1S/C27H47BrS2Si3/c1-8-12-16-32(17-13-9-2)22-20-24(28)29-26(22)27-23(21-25(30-27)31(5,6)7)33(32,18-14-10-3)19-15-11-4/h20-21H,8-19H2,1-7H3. The number of hydrogen-bond donors (Lipinski definition) is 0. The second-order valence-corrected chi connectivity index (χ2v) is 33.5. The van der Waals surface area contributed by atoms with E-state index in [1.165, 1.54) is 55.2 Å². The van der Waals surface area contributed by atoms with Gasteiger partial charge in [0.2, 0.25) is 0 Å². The number of unbranched alkanes of at least 4 members (excludes halogenated alkanes) is 4. The highest BCUT2D eigenvalue weighted by molar-refractivity contribution is 9.11. The Bertz CT molecular complexity index is 893. The van der Waals surface area contributed by atoms with Crippen LogP contribution < -0.4 is 14.9 Å². The van der Waals surface area contributed by atoms with Gasteiger partial charge in [0.05, 0.1) is 27.0 Å². The maximum atomic E-state index is 3.99. The lowest BCUT2D eigenvalue weighted by Crippen LogP contribution is -2.77. The lowest BCUT2D eigenvalue weighted by atomic mass is 10.3. The fourth-order valence-corrected chi connectivity index (χ4v) is 36.1. The van der Waals surface area contributed by atoms with Crippen molar-refractivity contribution in [2.75, 3.05) is 0 Å². The summed E-state index contributed by atoms with van der Waals surface area (Å²) in [6, 6.07) is 11.7. The molecule has 1 aliphatic heterocycles. The third-order valence-electron chi connectivity index (χ3n) is 8.16. The van der Waals surface area contributed by atoms with Gasteiger partial charge in [0, 0.05) is 9.75 Å². The van der Waals surface area contributed by atoms with E-state index in [4.69, 9.17) is 0 Å². The highest BCUT2D eigenvalue weighted by atomic mass is 79.9. The van der Waals surface area contributed by atoms with Gasteiger partial charge >= 0.3 is 0 Å². The zero-order chi connectivity index (χ0) is 24.3. The molecule has 186 valence electrons. The minimum atomic E-state index is -1.64. The molecule has 0 unspecified atom stereocenters. The molecule has 1 aliphatic rings. The molecular weight excluding hydrogens is 553 g/mol. The molecule has 0 radical (unpaired) electrons. The van der Waals surface area contributed by atoms with Crippen molar-refractivity contribution in [3.05, 3.63) is 15.9 Å². The molecule has 33 heavy (non-hydrogen) atoms. The number of halogens is 1. The average molecular weight is 600 g/mol. The predicted octanol–water partition coefficient (Wildman–Crippen LogP) is 9.39. The lowest BCUT2D eigenvalue weighted by molar-refractivity contribution is 0.821. The Morgan fingerprint density at radius 3 is 1.45 bits per heavy atom. The van der Waals surface area contributed by atoms with Gasteiger partial charge in [0.15, 0.2) is 0 Å². The first-order valence-corrected chi connectivity index (χ1v) is 25.4. The Morgan fingerprint density at radius 2 is 1.06 bits per heavy atom. The smallest absolute Gasteiger partial charge is 0.0904 e. The molecule has 3 rings (SSSR count). The van der Waals surface area contributed by atoms with Gasteiger partial charge in [-0.05, 0) is 36.9 Å². The first-order chi connectivity index (χ1) is 15.7. The summed E-state index contributed by atoms with van der Waals surface area (Å²) >= 11 is 8.29. The van der Waals surface area contributed by atoms with Crippen molar-refractivity contribution in [1.29, 1.82) is 0 Å². The number of fused-ring (bicyclic) bond motifs is 3. The van der Waals surface area contributed by atoms with Crippen LogP contribution in [0.4, 0.5) is 0 Å². The number of rotatable bonds is 13. The summed E-state index contributed by atoms with van der Waals surface area (Å²) in [5, 5.41) is 3.88. The van der Waals surface area contributed by atoms with E-state index in [1.807, 2.05) is 10.4 Å². The Balaban J connectivity index is 2.39. The Labute approximate surface area is 223 Å². The molecule has 2 aromatic rings. The minimum Gasteiger partial charge on any atom is -0.144 e. The molecule has 0 nitrogen and oxygen atoms in total. The summed E-state index contributed by atoms with van der Waals surface area (Å²) in [4.78, 5) is 3.45. The SMILES string of the molecule is CCCC[Si]1(CCCC)c2cc(Br)sc2-c2sc([Si](C)(C)C)cc2[Si]1(CCCC)CCCC. The first-order valence-electron chi connectivity index (χ1n) is 13.7. The zero-order valence-electron chi connectivity index (χ0n) is 22.3. The van der Waals surface area contributed by atoms with Crippen molar-refractivity contribution in [3.8, 4) is 9.75 Å². The largest absolute Gasteiger partial charge is 0.144 e. The van der Waals surface area contributed by atoms with Gasteiger partial charge in [0.1, 0.15) is 0 Å². The normalized spacial score (nSPS) is 16.6. The monoisotopic (exact) mass is 598 g/mol. The summed E-state index contributed by atoms with van der Waals surface area (Å²) in [7, 11) is -4.61. The van der Waals surface area contributed by atoms with E-state index in [9.17, 15) is 0 Å². The second kappa shape index (κ2) is 11.7. The highest BCUT2D eigenvalue weighted by Crippen LogP contribution is 2.48. The molecule has 6 heteroatoms. The molecule has 0 atom stereocenters. The van der Waals surface area contributed by atoms with Crippen LogP contribution in [-0.4, -0.2) is 23.3 Å². The molecule has 0 spiro atoms. The van der Waals surface area contributed by atoms with Crippen molar-refractivity contribution in [3.63, 3.8) is 0 Å². The van der Waals surface area contributed by atoms with Crippen molar-refractivity contribution >= 4 is 76.7 Å². The summed E-state index contributed by atoms with van der Waals surface area (Å²) < 4.78 is 3.16. The summed E-state index contributed by atoms with van der Waals surface area (Å²) in [6.45, 7) is 17.4. The van der Waals surface area contributed by atoms with Gasteiger partial charge < -0.3 is 0 Å². The molecular formula is C27H47BrS2Si3. The Morgan fingerprint density at radius 1 is 0.667 bits per heavy atom. The fraction of sp³-hybridized carbons (Fsp3) is 0.704. The van der Waals surface area contributed by atoms with Crippen LogP contribution in [0.25, 0.3) is 9.75 Å². The van der Waals surface area contributed by atoms with Gasteiger partial charge in [0.25, 0.3) is 0 Å². The summed E-state index contributed by atoms with van der Waals surface area (Å²) in [5.74, 6) is 0. The maximum absolute atomic E-state index is 3.99. The number of hydrogen-bond acceptors (Lipinski definition) is 2. The van der Waals surface area contributed by atoms with Crippen LogP contribution in [0.3, 0.4) is 0 Å². The van der Waals surface area contributed by atoms with Crippen LogP contribution >= 0.6 is 38.6 Å². The van der Waals surface area contributed by atoms with Gasteiger partial charge in [-0.1, -0.05) is 129 Å². The molecule has 0 fully saturated rings. The van der Waals surface area contributed by atoms with E-state index in [2.05, 4.69) is 98.1 Å². The topological polar surface area (TPSA) is 0 Å². The lowest BCUT2D eigenvalue weighted by Gasteiger charge is -2.52. The quantitative estimate of drug-likeness (QED) is 0.201. The van der Waals surface area contributed by atoms with E-state index in [1.54, 1.807) is 38.4 Å². The van der Waals surface area contributed by atoms with E-state index >= 15 is 0 Å². The molecule has 0 N–H and O–H groups in total. The first kappa shape index (κ1) is 28.1. The van der Waals surface area contributed by atoms with Crippen LogP contribution in [0.2, 0.25) is 43.8 Å². The molecule has 0 aliphatic carbocycles. The number of thiophene rings is 2. The Hall–Kier alpha value is 0.531. The van der Waals surface area contributed by atoms with E-state index < -0.39 is 23.3 Å². The molecule has 0 saturated heterocycles. The molecule has 2 aromatic heterocycles. The maximum Gasteiger partial charge on any atom is 0.0904 e. The molecule has 0 saturated carbocycles. The van der Waals surface area contributed by atoms with Crippen molar-refractivity contribution < 1.29 is 0 Å². The van der Waals surface area contributed by atoms with E-state index in [0.29, 0.717) is 0 Å². The highest BCUT2D eigenvalue weighted by Gasteiger charge is 2.59. The fourth-order valence-electron chi connectivity index (χ4n) is 6.35. The molecule has 3 heterocycles. The van der Waals surface area contributed by atoms with Crippen LogP contribution in [-0.2, 0) is 0 Å². The molecule has 0 bridgehead atoms. The zero-order valence-corrected chi connectivity index (χ0v) is 28.6. The van der Waals surface area contributed by atoms with Crippen LogP contribution in [0.15, 0.2) is 15.9 Å². The molecule has 0 aromatic carbocycles. The van der Waals surface area contributed by atoms with Crippen molar-refractivity contribution in [2.24, 2.45) is 0 Å². The van der Waals surface area contributed by atoms with Crippen molar-refractivity contribution in [2.45, 2.75) is 123 Å². The minimum absolute atomic E-state index is 1.34. The van der Waals surface area contributed by atoms with Crippen LogP contribution in [0.5, 0.6) is 0 Å². The van der Waals surface area contributed by atoms with E-state index in [-0.39, 0.29) is 0 Å². The second-order valence-electron chi connectivity index (χ2n) is 11.5. The Kier molecular flexibility index (Phi) is 9.98. The van der Waals surface area contributed by atoms with Crippen LogP contribution in [0.1, 0.15) is 79.1 Å².